The Morgan fingerprint density at radius 3 is 2.30 bits per heavy atom. The molecule has 0 saturated carbocycles. The molecule has 3 amide bonds. The lowest BCUT2D eigenvalue weighted by Gasteiger charge is -2.30. The third-order valence-corrected chi connectivity index (χ3v) is 7.43. The fourth-order valence-corrected chi connectivity index (χ4v) is 5.13. The van der Waals surface area contributed by atoms with Crippen LogP contribution in [0.2, 0.25) is 0 Å². The first kappa shape index (κ1) is 24.4. The van der Waals surface area contributed by atoms with Crippen molar-refractivity contribution in [2.24, 2.45) is 5.92 Å². The first-order valence-electron chi connectivity index (χ1n) is 10.8. The molecule has 1 aliphatic heterocycles. The molecule has 0 aliphatic carbocycles. The second-order valence-corrected chi connectivity index (χ2v) is 10.4. The van der Waals surface area contributed by atoms with E-state index < -0.39 is 34.4 Å². The van der Waals surface area contributed by atoms with Crippen molar-refractivity contribution >= 4 is 27.7 Å². The number of hydrogen-bond donors (Lipinski definition) is 1. The molecule has 0 unspecified atom stereocenters. The SMILES string of the molecule is Cc1ccccc1CN(C(=O)CN1C(=O)c2ccccc2S1(=O)=O)[C@@H](C)C(=O)NCC(C)C. The van der Waals surface area contributed by atoms with E-state index in [9.17, 15) is 22.8 Å². The molecule has 8 nitrogen and oxygen atoms in total. The molecule has 1 aliphatic rings. The van der Waals surface area contributed by atoms with Gasteiger partial charge in [0.15, 0.2) is 0 Å². The molecule has 1 N–H and O–H groups in total. The fraction of sp³-hybridized carbons (Fsp3) is 0.375. The summed E-state index contributed by atoms with van der Waals surface area (Å²) in [6.45, 7) is 7.29. The summed E-state index contributed by atoms with van der Waals surface area (Å²) >= 11 is 0. The van der Waals surface area contributed by atoms with E-state index in [1.54, 1.807) is 13.0 Å². The lowest BCUT2D eigenvalue weighted by atomic mass is 10.1. The lowest BCUT2D eigenvalue weighted by molar-refractivity contribution is -0.140. The Balaban J connectivity index is 1.88. The van der Waals surface area contributed by atoms with Gasteiger partial charge in [0.1, 0.15) is 17.5 Å². The molecule has 0 bridgehead atoms. The molecule has 9 heteroatoms. The summed E-state index contributed by atoms with van der Waals surface area (Å²) in [4.78, 5) is 40.1. The van der Waals surface area contributed by atoms with Crippen LogP contribution in [0.4, 0.5) is 0 Å². The van der Waals surface area contributed by atoms with Crippen molar-refractivity contribution in [3.8, 4) is 0 Å². The molecule has 0 fully saturated rings. The van der Waals surface area contributed by atoms with Gasteiger partial charge < -0.3 is 10.2 Å². The number of hydrogen-bond acceptors (Lipinski definition) is 5. The molecule has 0 aromatic heterocycles. The number of amides is 3. The standard InChI is InChI=1S/C24H29N3O5S/c1-16(2)13-25-23(29)18(4)26(14-19-10-6-5-9-17(19)3)22(28)15-27-24(30)20-11-7-8-12-21(20)33(27,31)32/h5-12,16,18H,13-15H2,1-4H3,(H,25,29)/t18-/m0/s1. The number of nitrogens with one attached hydrogen (secondary N) is 1. The Morgan fingerprint density at radius 1 is 1.03 bits per heavy atom. The Bertz CT molecular complexity index is 1180. The number of fused-ring (bicyclic) bond motifs is 1. The van der Waals surface area contributed by atoms with Crippen LogP contribution in [0.1, 0.15) is 42.3 Å². The van der Waals surface area contributed by atoms with Crippen LogP contribution in [0, 0.1) is 12.8 Å². The maximum Gasteiger partial charge on any atom is 0.269 e. The Morgan fingerprint density at radius 2 is 1.67 bits per heavy atom. The number of benzene rings is 2. The van der Waals surface area contributed by atoms with Gasteiger partial charge in [-0.25, -0.2) is 12.7 Å². The normalized spacial score (nSPS) is 15.3. The van der Waals surface area contributed by atoms with Crippen LogP contribution < -0.4 is 5.32 Å². The zero-order chi connectivity index (χ0) is 24.3. The molecule has 3 rings (SSSR count). The monoisotopic (exact) mass is 471 g/mol. The highest BCUT2D eigenvalue weighted by Crippen LogP contribution is 2.30. The van der Waals surface area contributed by atoms with Gasteiger partial charge in [-0.05, 0) is 43.0 Å². The molecule has 0 spiro atoms. The molecular formula is C24H29N3O5S. The fourth-order valence-electron chi connectivity index (χ4n) is 3.61. The van der Waals surface area contributed by atoms with E-state index in [-0.39, 0.29) is 28.8 Å². The highest BCUT2D eigenvalue weighted by molar-refractivity contribution is 7.90. The Kier molecular flexibility index (Phi) is 7.22. The second-order valence-electron chi connectivity index (χ2n) is 8.58. The molecular weight excluding hydrogens is 442 g/mol. The molecule has 2 aromatic rings. The van der Waals surface area contributed by atoms with Crippen LogP contribution in [0.25, 0.3) is 0 Å². The van der Waals surface area contributed by atoms with Gasteiger partial charge in [0, 0.05) is 13.1 Å². The van der Waals surface area contributed by atoms with Crippen molar-refractivity contribution in [1.29, 1.82) is 0 Å². The van der Waals surface area contributed by atoms with Gasteiger partial charge in [-0.3, -0.25) is 14.4 Å². The average Bonchev–Trinajstić information content (AvgIpc) is 2.97. The number of carbonyl (C=O) groups is 3. The molecule has 2 aromatic carbocycles. The van der Waals surface area contributed by atoms with Crippen molar-refractivity contribution in [2.45, 2.75) is 45.2 Å². The van der Waals surface area contributed by atoms with Gasteiger partial charge in [-0.15, -0.1) is 0 Å². The van der Waals surface area contributed by atoms with Crippen molar-refractivity contribution in [3.63, 3.8) is 0 Å². The first-order valence-corrected chi connectivity index (χ1v) is 12.3. The Hall–Kier alpha value is -3.20. The van der Waals surface area contributed by atoms with Gasteiger partial charge in [0.25, 0.3) is 15.9 Å². The maximum atomic E-state index is 13.4. The largest absolute Gasteiger partial charge is 0.354 e. The van der Waals surface area contributed by atoms with Crippen LogP contribution in [-0.2, 0) is 26.2 Å². The van der Waals surface area contributed by atoms with Gasteiger partial charge in [0.2, 0.25) is 11.8 Å². The summed E-state index contributed by atoms with van der Waals surface area (Å²) < 4.78 is 26.4. The summed E-state index contributed by atoms with van der Waals surface area (Å²) in [5.74, 6) is -1.49. The van der Waals surface area contributed by atoms with Crippen LogP contribution in [0.15, 0.2) is 53.4 Å². The van der Waals surface area contributed by atoms with Crippen molar-refractivity contribution < 1.29 is 22.8 Å². The molecule has 0 radical (unpaired) electrons. The number of aryl methyl sites for hydroxylation is 1. The third-order valence-electron chi connectivity index (χ3n) is 5.64. The topological polar surface area (TPSA) is 104 Å². The molecule has 0 saturated heterocycles. The van der Waals surface area contributed by atoms with Crippen LogP contribution >= 0.6 is 0 Å². The van der Waals surface area contributed by atoms with Crippen molar-refractivity contribution in [2.75, 3.05) is 13.1 Å². The van der Waals surface area contributed by atoms with E-state index in [0.717, 1.165) is 11.1 Å². The van der Waals surface area contributed by atoms with Crippen LogP contribution in [0.5, 0.6) is 0 Å². The lowest BCUT2D eigenvalue weighted by Crippen LogP contribution is -2.51. The van der Waals surface area contributed by atoms with Gasteiger partial charge in [0.05, 0.1) is 5.56 Å². The average molecular weight is 472 g/mol. The predicted octanol–water partition coefficient (Wildman–Crippen LogP) is 2.33. The maximum absolute atomic E-state index is 13.4. The van der Waals surface area contributed by atoms with Gasteiger partial charge in [-0.2, -0.15) is 0 Å². The second kappa shape index (κ2) is 9.74. The quantitative estimate of drug-likeness (QED) is 0.636. The van der Waals surface area contributed by atoms with E-state index in [0.29, 0.717) is 10.8 Å². The number of carbonyl (C=O) groups excluding carboxylic acids is 3. The summed E-state index contributed by atoms with van der Waals surface area (Å²) in [6.07, 6.45) is 0. The zero-order valence-corrected chi connectivity index (χ0v) is 20.1. The molecule has 1 atom stereocenters. The van der Waals surface area contributed by atoms with Gasteiger partial charge >= 0.3 is 0 Å². The van der Waals surface area contributed by atoms with E-state index in [2.05, 4.69) is 5.32 Å². The highest BCUT2D eigenvalue weighted by atomic mass is 32.2. The van der Waals surface area contributed by atoms with Crippen LogP contribution in [-0.4, -0.2) is 54.5 Å². The number of sulfonamides is 1. The van der Waals surface area contributed by atoms with Crippen molar-refractivity contribution in [3.05, 3.63) is 65.2 Å². The summed E-state index contributed by atoms with van der Waals surface area (Å²) in [6, 6.07) is 12.5. The summed E-state index contributed by atoms with van der Waals surface area (Å²) in [7, 11) is -4.14. The summed E-state index contributed by atoms with van der Waals surface area (Å²) in [5, 5.41) is 2.82. The van der Waals surface area contributed by atoms with E-state index in [1.807, 2.05) is 45.0 Å². The minimum atomic E-state index is -4.14. The minimum Gasteiger partial charge on any atom is -0.354 e. The summed E-state index contributed by atoms with van der Waals surface area (Å²) in [5.41, 5.74) is 1.80. The number of rotatable bonds is 8. The zero-order valence-electron chi connectivity index (χ0n) is 19.2. The minimum absolute atomic E-state index is 0.0403. The molecule has 1 heterocycles. The molecule has 176 valence electrons. The molecule has 33 heavy (non-hydrogen) atoms. The van der Waals surface area contributed by atoms with E-state index in [1.165, 1.54) is 23.1 Å². The van der Waals surface area contributed by atoms with E-state index in [4.69, 9.17) is 0 Å². The highest BCUT2D eigenvalue weighted by Gasteiger charge is 2.43. The number of nitrogens with zero attached hydrogens (tertiary/aromatic N) is 2. The smallest absolute Gasteiger partial charge is 0.269 e. The van der Waals surface area contributed by atoms with E-state index >= 15 is 0 Å². The van der Waals surface area contributed by atoms with Crippen molar-refractivity contribution in [1.82, 2.24) is 14.5 Å². The van der Waals surface area contributed by atoms with Gasteiger partial charge in [-0.1, -0.05) is 50.2 Å². The third kappa shape index (κ3) is 5.08. The predicted molar refractivity (Wildman–Crippen MR) is 124 cm³/mol. The Labute approximate surface area is 194 Å². The first-order chi connectivity index (χ1) is 15.5. The van der Waals surface area contributed by atoms with Crippen LogP contribution in [0.3, 0.4) is 0 Å².